The Balaban J connectivity index is 1.80. The predicted molar refractivity (Wildman–Crippen MR) is 95.4 cm³/mol. The third-order valence-electron chi connectivity index (χ3n) is 6.30. The normalized spacial score (nSPS) is 27.7. The number of alkyl halides is 1. The molecule has 2 saturated carbocycles. The van der Waals surface area contributed by atoms with Crippen molar-refractivity contribution in [1.29, 1.82) is 0 Å². The zero-order valence-corrected chi connectivity index (χ0v) is 14.8. The minimum absolute atomic E-state index is 0.107. The lowest BCUT2D eigenvalue weighted by Gasteiger charge is -2.26. The van der Waals surface area contributed by atoms with E-state index in [9.17, 15) is 23.5 Å². The first-order valence-corrected chi connectivity index (χ1v) is 9.00. The number of rotatable bonds is 3. The number of nitrogens with zero attached hydrogens (tertiary/aromatic N) is 2. The van der Waals surface area contributed by atoms with Crippen LogP contribution in [0, 0.1) is 18.7 Å². The number of fused-ring (bicyclic) bond motifs is 2. The summed E-state index contributed by atoms with van der Waals surface area (Å²) in [4.78, 5) is 25.9. The molecule has 0 bridgehead atoms. The number of pyridine rings is 1. The average Bonchev–Trinajstić information content (AvgIpc) is 3.44. The van der Waals surface area contributed by atoms with Crippen molar-refractivity contribution in [2.45, 2.75) is 37.5 Å². The minimum Gasteiger partial charge on any atom is -0.477 e. The number of carboxylic acids is 1. The van der Waals surface area contributed by atoms with Crippen LogP contribution in [-0.4, -0.2) is 34.3 Å². The van der Waals surface area contributed by atoms with E-state index in [2.05, 4.69) is 0 Å². The van der Waals surface area contributed by atoms with E-state index in [1.165, 1.54) is 4.57 Å². The van der Waals surface area contributed by atoms with Crippen molar-refractivity contribution in [2.24, 2.45) is 11.7 Å². The van der Waals surface area contributed by atoms with Crippen molar-refractivity contribution < 1.29 is 18.7 Å². The molecule has 3 N–H and O–H groups in total. The molecule has 8 heteroatoms. The van der Waals surface area contributed by atoms with Crippen LogP contribution in [0.1, 0.15) is 35.2 Å². The lowest BCUT2D eigenvalue weighted by Crippen LogP contribution is -2.34. The number of nitrogens with two attached hydrogens (primary N) is 1. The Kier molecular flexibility index (Phi) is 3.00. The number of aryl methyl sites for hydroxylation is 1. The van der Waals surface area contributed by atoms with Crippen LogP contribution in [0.4, 0.5) is 14.5 Å². The molecule has 5 rings (SSSR count). The molecular weight excluding hydrogens is 356 g/mol. The summed E-state index contributed by atoms with van der Waals surface area (Å²) in [5, 5.41) is 9.21. The van der Waals surface area contributed by atoms with Gasteiger partial charge in [-0.1, -0.05) is 0 Å². The number of hydrogen-bond acceptors (Lipinski definition) is 4. The van der Waals surface area contributed by atoms with Gasteiger partial charge >= 0.3 is 5.97 Å². The lowest BCUT2D eigenvalue weighted by atomic mass is 10.0. The van der Waals surface area contributed by atoms with E-state index in [1.807, 2.05) is 4.90 Å². The summed E-state index contributed by atoms with van der Waals surface area (Å²) in [5.41, 5.74) is 5.60. The fourth-order valence-corrected chi connectivity index (χ4v) is 4.53. The first-order valence-electron chi connectivity index (χ1n) is 9.00. The van der Waals surface area contributed by atoms with Crippen molar-refractivity contribution in [3.05, 3.63) is 39.4 Å². The zero-order chi connectivity index (χ0) is 19.3. The molecule has 1 aliphatic heterocycles. The van der Waals surface area contributed by atoms with Crippen molar-refractivity contribution in [2.75, 3.05) is 18.0 Å². The number of benzene rings is 1. The molecule has 3 fully saturated rings. The third-order valence-corrected chi connectivity index (χ3v) is 6.30. The SMILES string of the molecule is Cc1c(N2CC3CC3(N)C2)c(F)cc2c(=O)c(C(=O)O)cn(C3(F)CC3)c12. The Hall–Kier alpha value is -2.48. The molecular formula is C19H19F2N3O3. The topological polar surface area (TPSA) is 88.6 Å². The number of carboxylic acid groups (broad SMARTS) is 1. The number of hydrogen-bond donors (Lipinski definition) is 2. The number of anilines is 1. The number of piperidine rings is 1. The molecule has 142 valence electrons. The molecule has 0 amide bonds. The largest absolute Gasteiger partial charge is 0.477 e. The first kappa shape index (κ1) is 16.7. The second-order valence-corrected chi connectivity index (χ2v) is 8.21. The van der Waals surface area contributed by atoms with Crippen LogP contribution in [0.3, 0.4) is 0 Å². The van der Waals surface area contributed by atoms with Gasteiger partial charge in [0.15, 0.2) is 5.79 Å². The molecule has 0 radical (unpaired) electrons. The third kappa shape index (κ3) is 2.19. The van der Waals surface area contributed by atoms with Gasteiger partial charge in [0.2, 0.25) is 5.43 Å². The van der Waals surface area contributed by atoms with Crippen LogP contribution in [0.15, 0.2) is 17.1 Å². The average molecular weight is 375 g/mol. The number of carbonyl (C=O) groups is 1. The van der Waals surface area contributed by atoms with Gasteiger partial charge in [-0.3, -0.25) is 4.79 Å². The maximum atomic E-state index is 15.0. The second-order valence-electron chi connectivity index (χ2n) is 8.21. The zero-order valence-electron chi connectivity index (χ0n) is 14.8. The van der Waals surface area contributed by atoms with Crippen molar-refractivity contribution >= 4 is 22.6 Å². The van der Waals surface area contributed by atoms with Gasteiger partial charge < -0.3 is 20.3 Å². The number of aromatic nitrogens is 1. The standard InChI is InChI=1S/C19H19F2N3O3/c1-9-14-11(4-13(20)15(9)23-6-10-5-18(10,22)8-23)16(25)12(17(26)27)7-24(14)19(21)2-3-19/h4,7,10H,2-3,5-6,8,22H2,1H3,(H,26,27). The van der Waals surface area contributed by atoms with Crippen LogP contribution >= 0.6 is 0 Å². The Morgan fingerprint density at radius 2 is 2.11 bits per heavy atom. The second kappa shape index (κ2) is 4.86. The molecule has 2 aliphatic carbocycles. The molecule has 1 saturated heterocycles. The van der Waals surface area contributed by atoms with Gasteiger partial charge in [0, 0.05) is 43.1 Å². The fraction of sp³-hybridized carbons (Fsp3) is 0.474. The summed E-state index contributed by atoms with van der Waals surface area (Å²) in [5.74, 6) is -3.48. The Morgan fingerprint density at radius 3 is 2.67 bits per heavy atom. The molecule has 0 spiro atoms. The predicted octanol–water partition coefficient (Wildman–Crippen LogP) is 2.10. The van der Waals surface area contributed by atoms with Gasteiger partial charge in [-0.15, -0.1) is 0 Å². The lowest BCUT2D eigenvalue weighted by molar-refractivity contribution is 0.0694. The summed E-state index contributed by atoms with van der Waals surface area (Å²) < 4.78 is 31.2. The summed E-state index contributed by atoms with van der Waals surface area (Å²) in [7, 11) is 0. The van der Waals surface area contributed by atoms with Gasteiger partial charge in [-0.05, 0) is 30.9 Å². The molecule has 3 aliphatic rings. The highest BCUT2D eigenvalue weighted by Crippen LogP contribution is 2.51. The molecule has 2 aromatic rings. The molecule has 6 nitrogen and oxygen atoms in total. The highest BCUT2D eigenvalue weighted by Gasteiger charge is 2.57. The Morgan fingerprint density at radius 1 is 1.41 bits per heavy atom. The van der Waals surface area contributed by atoms with Gasteiger partial charge in [0.1, 0.15) is 11.4 Å². The molecule has 2 heterocycles. The fourth-order valence-electron chi connectivity index (χ4n) is 4.53. The maximum Gasteiger partial charge on any atom is 0.341 e. The van der Waals surface area contributed by atoms with Crippen molar-refractivity contribution in [1.82, 2.24) is 4.57 Å². The van der Waals surface area contributed by atoms with Crippen LogP contribution in [0.5, 0.6) is 0 Å². The van der Waals surface area contributed by atoms with E-state index in [0.29, 0.717) is 30.3 Å². The van der Waals surface area contributed by atoms with Crippen LogP contribution in [0.2, 0.25) is 0 Å². The number of aromatic carboxylic acids is 1. The van der Waals surface area contributed by atoms with E-state index in [1.54, 1.807) is 6.92 Å². The van der Waals surface area contributed by atoms with Crippen LogP contribution < -0.4 is 16.1 Å². The summed E-state index contributed by atoms with van der Waals surface area (Å²) in [6.07, 6.45) is 2.43. The van der Waals surface area contributed by atoms with E-state index in [-0.39, 0.29) is 29.3 Å². The van der Waals surface area contributed by atoms with Crippen molar-refractivity contribution in [3.63, 3.8) is 0 Å². The van der Waals surface area contributed by atoms with Crippen molar-refractivity contribution in [3.8, 4) is 0 Å². The molecule has 27 heavy (non-hydrogen) atoms. The van der Waals surface area contributed by atoms with Gasteiger partial charge in [-0.25, -0.2) is 13.6 Å². The summed E-state index contributed by atoms with van der Waals surface area (Å²) >= 11 is 0. The Bertz CT molecular complexity index is 1090. The van der Waals surface area contributed by atoms with E-state index < -0.39 is 28.6 Å². The quantitative estimate of drug-likeness (QED) is 0.858. The van der Waals surface area contributed by atoms with Crippen LogP contribution in [0.25, 0.3) is 10.9 Å². The smallest absolute Gasteiger partial charge is 0.341 e. The van der Waals surface area contributed by atoms with E-state index in [4.69, 9.17) is 5.73 Å². The molecule has 2 unspecified atom stereocenters. The van der Waals surface area contributed by atoms with E-state index >= 15 is 0 Å². The molecule has 1 aromatic heterocycles. The minimum atomic E-state index is -1.74. The van der Waals surface area contributed by atoms with Gasteiger partial charge in [-0.2, -0.15) is 0 Å². The van der Waals surface area contributed by atoms with Crippen LogP contribution in [-0.2, 0) is 5.79 Å². The molecule has 2 atom stereocenters. The highest BCUT2D eigenvalue weighted by molar-refractivity contribution is 5.95. The van der Waals surface area contributed by atoms with Gasteiger partial charge in [0.25, 0.3) is 0 Å². The number of halogens is 2. The summed E-state index contributed by atoms with van der Waals surface area (Å²) in [6.45, 7) is 2.78. The Labute approximate surface area is 153 Å². The van der Waals surface area contributed by atoms with E-state index in [0.717, 1.165) is 18.7 Å². The molecule has 1 aromatic carbocycles. The van der Waals surface area contributed by atoms with Gasteiger partial charge in [0.05, 0.1) is 11.2 Å². The monoisotopic (exact) mass is 375 g/mol. The first-order chi connectivity index (χ1) is 12.6. The maximum absolute atomic E-state index is 15.0. The summed E-state index contributed by atoms with van der Waals surface area (Å²) in [6, 6.07) is 1.04. The highest BCUT2D eigenvalue weighted by atomic mass is 19.1.